The molecule has 0 bridgehead atoms. The number of nitrogen functional groups attached to an aromatic ring is 1. The number of hydrogen-bond acceptors (Lipinski definition) is 5. The number of nitrogens with one attached hydrogen (secondary N) is 1. The summed E-state index contributed by atoms with van der Waals surface area (Å²) in [6.45, 7) is 7.95. The number of hydrazine groups is 1. The van der Waals surface area contributed by atoms with Gasteiger partial charge in [0.25, 0.3) is 5.91 Å². The number of nitrogens with two attached hydrogens (primary N) is 1. The molecule has 6 heteroatoms. The highest BCUT2D eigenvalue weighted by Crippen LogP contribution is 2.21. The summed E-state index contributed by atoms with van der Waals surface area (Å²) in [5.41, 5.74) is 3.69. The molecule has 1 saturated heterocycles. The molecule has 1 aliphatic heterocycles. The molecule has 1 aromatic heterocycles. The SMILES string of the molecule is CCN(CC)C1CCN(C(=O)c2ccncc2NN)C1. The van der Waals surface area contributed by atoms with E-state index in [0.717, 1.165) is 32.6 Å². The van der Waals surface area contributed by atoms with E-state index in [2.05, 4.69) is 29.2 Å². The number of rotatable bonds is 5. The fourth-order valence-corrected chi connectivity index (χ4v) is 2.83. The number of nitrogens with zero attached hydrogens (tertiary/aromatic N) is 3. The van der Waals surface area contributed by atoms with Gasteiger partial charge in [0.2, 0.25) is 0 Å². The molecule has 1 unspecified atom stereocenters. The van der Waals surface area contributed by atoms with Crippen molar-refractivity contribution in [2.24, 2.45) is 5.84 Å². The first-order valence-corrected chi connectivity index (χ1v) is 7.15. The van der Waals surface area contributed by atoms with Crippen LogP contribution in [0.15, 0.2) is 18.5 Å². The largest absolute Gasteiger partial charge is 0.337 e. The molecular formula is C14H23N5O. The highest BCUT2D eigenvalue weighted by atomic mass is 16.2. The summed E-state index contributed by atoms with van der Waals surface area (Å²) in [7, 11) is 0. The summed E-state index contributed by atoms with van der Waals surface area (Å²) in [6.07, 6.45) is 4.22. The van der Waals surface area contributed by atoms with Gasteiger partial charge in [-0.25, -0.2) is 0 Å². The Kier molecular flexibility index (Phi) is 4.92. The van der Waals surface area contributed by atoms with Crippen LogP contribution in [0.1, 0.15) is 30.6 Å². The van der Waals surface area contributed by atoms with Crippen LogP contribution in [0.25, 0.3) is 0 Å². The second kappa shape index (κ2) is 6.67. The lowest BCUT2D eigenvalue weighted by Crippen LogP contribution is -2.38. The second-order valence-corrected chi connectivity index (χ2v) is 4.98. The monoisotopic (exact) mass is 277 g/mol. The Bertz CT molecular complexity index is 461. The third kappa shape index (κ3) is 2.91. The van der Waals surface area contributed by atoms with Gasteiger partial charge < -0.3 is 10.3 Å². The zero-order valence-corrected chi connectivity index (χ0v) is 12.2. The maximum atomic E-state index is 12.6. The smallest absolute Gasteiger partial charge is 0.256 e. The normalized spacial score (nSPS) is 18.6. The van der Waals surface area contributed by atoms with Crippen LogP contribution in [0.3, 0.4) is 0 Å². The summed E-state index contributed by atoms with van der Waals surface area (Å²) in [4.78, 5) is 20.8. The number of carbonyl (C=O) groups excluding carboxylic acids is 1. The predicted molar refractivity (Wildman–Crippen MR) is 79.3 cm³/mol. The number of amides is 1. The minimum absolute atomic E-state index is 0.0232. The number of aromatic nitrogens is 1. The Hall–Kier alpha value is -1.66. The molecule has 1 aromatic rings. The summed E-state index contributed by atoms with van der Waals surface area (Å²) in [5.74, 6) is 5.46. The number of likely N-dealkylation sites (tertiary alicyclic amines) is 1. The average molecular weight is 277 g/mol. The number of pyridine rings is 1. The standard InChI is InChI=1S/C14H23N5O/c1-3-18(4-2)11-6-8-19(10-11)14(20)12-5-7-16-9-13(12)17-15/h5,7,9,11,17H,3-4,6,8,10,15H2,1-2H3. The first-order chi connectivity index (χ1) is 9.71. The zero-order chi connectivity index (χ0) is 14.5. The van der Waals surface area contributed by atoms with Crippen molar-refractivity contribution in [3.05, 3.63) is 24.0 Å². The van der Waals surface area contributed by atoms with Gasteiger partial charge in [-0.1, -0.05) is 13.8 Å². The van der Waals surface area contributed by atoms with Crippen LogP contribution in [-0.2, 0) is 0 Å². The van der Waals surface area contributed by atoms with Crippen LogP contribution in [0.4, 0.5) is 5.69 Å². The second-order valence-electron chi connectivity index (χ2n) is 4.98. The van der Waals surface area contributed by atoms with E-state index in [0.29, 0.717) is 17.3 Å². The molecule has 1 aliphatic rings. The van der Waals surface area contributed by atoms with Crippen molar-refractivity contribution in [3.63, 3.8) is 0 Å². The average Bonchev–Trinajstić information content (AvgIpc) is 2.97. The fourth-order valence-electron chi connectivity index (χ4n) is 2.83. The number of carbonyl (C=O) groups is 1. The maximum absolute atomic E-state index is 12.6. The third-order valence-corrected chi connectivity index (χ3v) is 3.99. The van der Waals surface area contributed by atoms with E-state index >= 15 is 0 Å². The van der Waals surface area contributed by atoms with Gasteiger partial charge >= 0.3 is 0 Å². The summed E-state index contributed by atoms with van der Waals surface area (Å²) in [5, 5.41) is 0. The molecule has 2 heterocycles. The van der Waals surface area contributed by atoms with E-state index in [1.54, 1.807) is 18.5 Å². The van der Waals surface area contributed by atoms with Crippen LogP contribution in [0.5, 0.6) is 0 Å². The fraction of sp³-hybridized carbons (Fsp3) is 0.571. The molecule has 3 N–H and O–H groups in total. The van der Waals surface area contributed by atoms with Crippen molar-refractivity contribution in [3.8, 4) is 0 Å². The van der Waals surface area contributed by atoms with Gasteiger partial charge in [0.1, 0.15) is 0 Å². The van der Waals surface area contributed by atoms with Crippen LogP contribution in [-0.4, -0.2) is 52.9 Å². The van der Waals surface area contributed by atoms with Gasteiger partial charge in [0.15, 0.2) is 0 Å². The van der Waals surface area contributed by atoms with E-state index in [4.69, 9.17) is 5.84 Å². The van der Waals surface area contributed by atoms with Crippen molar-refractivity contribution in [1.82, 2.24) is 14.8 Å². The number of hydrogen-bond donors (Lipinski definition) is 2. The lowest BCUT2D eigenvalue weighted by Gasteiger charge is -2.26. The predicted octanol–water partition coefficient (Wildman–Crippen LogP) is 0.924. The molecule has 2 rings (SSSR count). The molecule has 20 heavy (non-hydrogen) atoms. The van der Waals surface area contributed by atoms with Gasteiger partial charge in [0, 0.05) is 25.3 Å². The molecule has 0 aliphatic carbocycles. The molecular weight excluding hydrogens is 254 g/mol. The molecule has 110 valence electrons. The minimum atomic E-state index is 0.0232. The molecule has 6 nitrogen and oxygen atoms in total. The lowest BCUT2D eigenvalue weighted by molar-refractivity contribution is 0.0779. The van der Waals surface area contributed by atoms with Crippen LogP contribution >= 0.6 is 0 Å². The van der Waals surface area contributed by atoms with Gasteiger partial charge in [0.05, 0.1) is 17.4 Å². The molecule has 1 atom stereocenters. The van der Waals surface area contributed by atoms with Crippen molar-refractivity contribution >= 4 is 11.6 Å². The van der Waals surface area contributed by atoms with Gasteiger partial charge in [-0.3, -0.25) is 20.5 Å². The number of likely N-dealkylation sites (N-methyl/N-ethyl adjacent to an activating group) is 1. The van der Waals surface area contributed by atoms with E-state index < -0.39 is 0 Å². The first kappa shape index (κ1) is 14.7. The van der Waals surface area contributed by atoms with Crippen molar-refractivity contribution in [2.75, 3.05) is 31.6 Å². The maximum Gasteiger partial charge on any atom is 0.256 e. The zero-order valence-electron chi connectivity index (χ0n) is 12.2. The molecule has 1 amide bonds. The summed E-state index contributed by atoms with van der Waals surface area (Å²) in [6, 6.07) is 2.17. The van der Waals surface area contributed by atoms with E-state index in [9.17, 15) is 4.79 Å². The van der Waals surface area contributed by atoms with Crippen molar-refractivity contribution < 1.29 is 4.79 Å². The van der Waals surface area contributed by atoms with Gasteiger partial charge in [-0.15, -0.1) is 0 Å². The Labute approximate surface area is 119 Å². The van der Waals surface area contributed by atoms with Crippen LogP contribution < -0.4 is 11.3 Å². The van der Waals surface area contributed by atoms with Crippen LogP contribution in [0, 0.1) is 0 Å². The summed E-state index contributed by atoms with van der Waals surface area (Å²) < 4.78 is 0. The topological polar surface area (TPSA) is 74.5 Å². The Morgan fingerprint density at radius 3 is 2.95 bits per heavy atom. The van der Waals surface area contributed by atoms with Crippen molar-refractivity contribution in [2.45, 2.75) is 26.3 Å². The highest BCUT2D eigenvalue weighted by molar-refractivity contribution is 5.99. The Morgan fingerprint density at radius 1 is 1.55 bits per heavy atom. The Morgan fingerprint density at radius 2 is 2.30 bits per heavy atom. The van der Waals surface area contributed by atoms with Gasteiger partial charge in [-0.2, -0.15) is 0 Å². The van der Waals surface area contributed by atoms with Gasteiger partial charge in [-0.05, 0) is 25.6 Å². The van der Waals surface area contributed by atoms with Crippen molar-refractivity contribution in [1.29, 1.82) is 0 Å². The van der Waals surface area contributed by atoms with E-state index in [1.165, 1.54) is 0 Å². The molecule has 0 radical (unpaired) electrons. The minimum Gasteiger partial charge on any atom is -0.337 e. The highest BCUT2D eigenvalue weighted by Gasteiger charge is 2.30. The molecule has 1 fully saturated rings. The Balaban J connectivity index is 2.08. The molecule has 0 saturated carbocycles. The molecule has 0 aromatic carbocycles. The quantitative estimate of drug-likeness (QED) is 0.618. The third-order valence-electron chi connectivity index (χ3n) is 3.99. The summed E-state index contributed by atoms with van der Waals surface area (Å²) >= 11 is 0. The van der Waals surface area contributed by atoms with E-state index in [-0.39, 0.29) is 5.91 Å². The molecule has 0 spiro atoms. The van der Waals surface area contributed by atoms with Crippen LogP contribution in [0.2, 0.25) is 0 Å². The first-order valence-electron chi connectivity index (χ1n) is 7.15. The van der Waals surface area contributed by atoms with E-state index in [1.807, 2.05) is 4.90 Å². The number of anilines is 1. The lowest BCUT2D eigenvalue weighted by atomic mass is 10.2.